The average molecular weight is 564 g/mol. The zero-order valence-electron chi connectivity index (χ0n) is 21.2. The van der Waals surface area contributed by atoms with E-state index in [1.807, 2.05) is 0 Å². The molecule has 1 aliphatic carbocycles. The fourth-order valence-corrected chi connectivity index (χ4v) is 4.29. The average Bonchev–Trinajstić information content (AvgIpc) is 3.69. The highest BCUT2D eigenvalue weighted by atomic mass is 32.2. The molecule has 0 radical (unpaired) electrons. The number of carbonyl (C=O) groups excluding carboxylic acids is 1. The third-order valence-corrected chi connectivity index (χ3v) is 7.27. The molecule has 0 aliphatic heterocycles. The Bertz CT molecular complexity index is 1290. The molecule has 0 saturated heterocycles. The van der Waals surface area contributed by atoms with Crippen molar-refractivity contribution in [3.8, 4) is 0 Å². The molecule has 14 heteroatoms. The minimum Gasteiger partial charge on any atom is -0.593 e. The fourth-order valence-electron chi connectivity index (χ4n) is 3.88. The molecule has 2 heterocycles. The van der Waals surface area contributed by atoms with Gasteiger partial charge in [0.05, 0.1) is 18.4 Å². The summed E-state index contributed by atoms with van der Waals surface area (Å²) >= 11 is -1.38. The molecule has 4 rings (SSSR count). The van der Waals surface area contributed by atoms with Crippen LogP contribution in [0.4, 0.5) is 36.4 Å². The quantitative estimate of drug-likeness (QED) is 0.259. The van der Waals surface area contributed by atoms with Crippen LogP contribution in [0.5, 0.6) is 0 Å². The first kappa shape index (κ1) is 28.4. The monoisotopic (exact) mass is 563 g/mol. The molecular weight excluding hydrogens is 535 g/mol. The summed E-state index contributed by atoms with van der Waals surface area (Å²) in [4.78, 5) is 24.4. The standard InChI is InChI=1S/C25H28F3N7O3S/c1-35(39(2)38)22-16(4-3-9-29-22)11-30-21-20(25(26,27)28)13-32-24(34-21)33-19-7-5-15(6-8-19)23(37)31-12-17-10-18(17)14-36/h3-9,13,17-18,36H,10-12,14H2,1-2H3,(H,31,37)(H2,30,32,33,34)/t17-,18-,39?/m0/s1. The lowest BCUT2D eigenvalue weighted by Crippen LogP contribution is -2.27. The number of hydrogen-bond acceptors (Lipinski definition) is 9. The smallest absolute Gasteiger partial charge is 0.421 e. The summed E-state index contributed by atoms with van der Waals surface area (Å²) in [5, 5.41) is 17.5. The topological polar surface area (TPSA) is 138 Å². The van der Waals surface area contributed by atoms with E-state index in [1.165, 1.54) is 16.8 Å². The van der Waals surface area contributed by atoms with Crippen molar-refractivity contribution in [3.05, 3.63) is 65.5 Å². The Morgan fingerprint density at radius 3 is 2.59 bits per heavy atom. The van der Waals surface area contributed by atoms with Gasteiger partial charge in [0.2, 0.25) is 5.95 Å². The number of halogens is 3. The SMILES string of the molecule is CN(c1ncccc1CNc1nc(Nc2ccc(C(=O)NC[C@@H]3C[C@H]3CO)cc2)ncc1C(F)(F)F)[S+](C)[O-]. The van der Waals surface area contributed by atoms with Crippen molar-refractivity contribution >= 4 is 40.5 Å². The third kappa shape index (κ3) is 7.28. The van der Waals surface area contributed by atoms with Crippen LogP contribution in [0.2, 0.25) is 0 Å². The minimum absolute atomic E-state index is 0.0615. The molecule has 1 aromatic carbocycles. The maximum absolute atomic E-state index is 13.7. The van der Waals surface area contributed by atoms with Gasteiger partial charge in [0.1, 0.15) is 17.6 Å². The zero-order valence-corrected chi connectivity index (χ0v) is 22.0. The van der Waals surface area contributed by atoms with Gasteiger partial charge < -0.3 is 25.6 Å². The van der Waals surface area contributed by atoms with Gasteiger partial charge in [-0.15, -0.1) is 0 Å². The molecular formula is C25H28F3N7O3S. The van der Waals surface area contributed by atoms with E-state index in [9.17, 15) is 22.5 Å². The van der Waals surface area contributed by atoms with Gasteiger partial charge in [-0.3, -0.25) is 4.79 Å². The van der Waals surface area contributed by atoms with E-state index in [-0.39, 0.29) is 30.9 Å². The number of aromatic nitrogens is 3. The molecule has 1 unspecified atom stereocenters. The fraction of sp³-hybridized carbons (Fsp3) is 0.360. The van der Waals surface area contributed by atoms with Gasteiger partial charge in [0.15, 0.2) is 5.82 Å². The Hall–Kier alpha value is -3.62. The molecule has 2 aromatic heterocycles. The molecule has 208 valence electrons. The number of rotatable bonds is 11. The van der Waals surface area contributed by atoms with Crippen molar-refractivity contribution in [2.24, 2.45) is 11.8 Å². The number of nitrogens with one attached hydrogen (secondary N) is 3. The number of anilines is 4. The Morgan fingerprint density at radius 2 is 1.95 bits per heavy atom. The number of pyridine rings is 1. The Kier molecular flexibility index (Phi) is 8.77. The maximum Gasteiger partial charge on any atom is 0.421 e. The van der Waals surface area contributed by atoms with Crippen molar-refractivity contribution in [3.63, 3.8) is 0 Å². The second-order valence-corrected chi connectivity index (χ2v) is 10.5. The van der Waals surface area contributed by atoms with E-state index in [2.05, 4.69) is 30.9 Å². The predicted molar refractivity (Wildman–Crippen MR) is 142 cm³/mol. The largest absolute Gasteiger partial charge is 0.593 e. The molecule has 1 fully saturated rings. The first-order valence-electron chi connectivity index (χ1n) is 12.0. The van der Waals surface area contributed by atoms with E-state index in [0.29, 0.717) is 41.3 Å². The van der Waals surface area contributed by atoms with Crippen LogP contribution in [0.15, 0.2) is 48.8 Å². The first-order valence-corrected chi connectivity index (χ1v) is 13.5. The van der Waals surface area contributed by atoms with Crippen LogP contribution < -0.4 is 20.3 Å². The maximum atomic E-state index is 13.7. The summed E-state index contributed by atoms with van der Waals surface area (Å²) in [7, 11) is 1.57. The highest BCUT2D eigenvalue weighted by molar-refractivity contribution is 7.92. The summed E-state index contributed by atoms with van der Waals surface area (Å²) in [6.45, 7) is 0.549. The van der Waals surface area contributed by atoms with Crippen LogP contribution in [0, 0.1) is 11.8 Å². The molecule has 4 N–H and O–H groups in total. The molecule has 1 aliphatic rings. The van der Waals surface area contributed by atoms with Gasteiger partial charge in [-0.1, -0.05) is 6.07 Å². The van der Waals surface area contributed by atoms with Gasteiger partial charge in [0, 0.05) is 48.9 Å². The lowest BCUT2D eigenvalue weighted by molar-refractivity contribution is -0.137. The van der Waals surface area contributed by atoms with Crippen LogP contribution in [0.1, 0.15) is 27.9 Å². The van der Waals surface area contributed by atoms with E-state index < -0.39 is 28.9 Å². The summed E-state index contributed by atoms with van der Waals surface area (Å²) < 4.78 is 54.3. The van der Waals surface area contributed by atoms with Crippen LogP contribution in [0.25, 0.3) is 0 Å². The van der Waals surface area contributed by atoms with Gasteiger partial charge in [-0.05, 0) is 48.6 Å². The van der Waals surface area contributed by atoms with Gasteiger partial charge in [0.25, 0.3) is 5.91 Å². The molecule has 3 atom stereocenters. The molecule has 0 bridgehead atoms. The number of hydrogen-bond donors (Lipinski definition) is 4. The van der Waals surface area contributed by atoms with Crippen molar-refractivity contribution < 1.29 is 27.6 Å². The van der Waals surface area contributed by atoms with Crippen molar-refractivity contribution in [1.29, 1.82) is 0 Å². The molecule has 3 aromatic rings. The molecule has 1 saturated carbocycles. The third-order valence-electron chi connectivity index (χ3n) is 6.32. The normalized spacial score (nSPS) is 17.3. The molecule has 39 heavy (non-hydrogen) atoms. The second kappa shape index (κ2) is 12.1. The van der Waals surface area contributed by atoms with Crippen LogP contribution in [0.3, 0.4) is 0 Å². The number of nitrogens with zero attached hydrogens (tertiary/aromatic N) is 4. The number of alkyl halides is 3. The van der Waals surface area contributed by atoms with E-state index >= 15 is 0 Å². The van der Waals surface area contributed by atoms with Crippen molar-refractivity contribution in [1.82, 2.24) is 20.3 Å². The first-order chi connectivity index (χ1) is 18.6. The highest BCUT2D eigenvalue weighted by Crippen LogP contribution is 2.37. The van der Waals surface area contributed by atoms with Gasteiger partial charge >= 0.3 is 6.18 Å². The Balaban J connectivity index is 1.46. The summed E-state index contributed by atoms with van der Waals surface area (Å²) in [5.74, 6) is 0.128. The molecule has 10 nitrogen and oxygen atoms in total. The van der Waals surface area contributed by atoms with Crippen LogP contribution in [-0.2, 0) is 24.1 Å². The summed E-state index contributed by atoms with van der Waals surface area (Å²) in [5.41, 5.74) is 0.375. The Labute approximate surface area is 226 Å². The number of carbonyl (C=O) groups is 1. The summed E-state index contributed by atoms with van der Waals surface area (Å²) in [6.07, 6.45) is -0.147. The van der Waals surface area contributed by atoms with Crippen LogP contribution >= 0.6 is 0 Å². The van der Waals surface area contributed by atoms with E-state index in [0.717, 1.165) is 6.42 Å². The Morgan fingerprint density at radius 1 is 1.21 bits per heavy atom. The lowest BCUT2D eigenvalue weighted by atomic mass is 10.2. The second-order valence-electron chi connectivity index (χ2n) is 9.07. The summed E-state index contributed by atoms with van der Waals surface area (Å²) in [6, 6.07) is 9.65. The highest BCUT2D eigenvalue weighted by Gasteiger charge is 2.36. The minimum atomic E-state index is -4.70. The number of benzene rings is 1. The van der Waals surface area contributed by atoms with E-state index in [4.69, 9.17) is 5.11 Å². The number of amides is 1. The van der Waals surface area contributed by atoms with Crippen molar-refractivity contribution in [2.45, 2.75) is 19.1 Å². The predicted octanol–water partition coefficient (Wildman–Crippen LogP) is 3.33. The molecule has 0 spiro atoms. The lowest BCUT2D eigenvalue weighted by Gasteiger charge is -2.21. The van der Waals surface area contributed by atoms with Crippen molar-refractivity contribution in [2.75, 3.05) is 41.4 Å². The van der Waals surface area contributed by atoms with Gasteiger partial charge in [-0.2, -0.15) is 22.5 Å². The number of aliphatic hydroxyl groups is 1. The van der Waals surface area contributed by atoms with E-state index in [1.54, 1.807) is 43.4 Å². The zero-order chi connectivity index (χ0) is 28.2. The van der Waals surface area contributed by atoms with Crippen LogP contribution in [-0.4, -0.2) is 57.0 Å². The molecule has 1 amide bonds. The van der Waals surface area contributed by atoms with Gasteiger partial charge in [-0.25, -0.2) is 9.97 Å². The number of aliphatic hydroxyl groups excluding tert-OH is 1.